The van der Waals surface area contributed by atoms with E-state index in [4.69, 9.17) is 4.74 Å². The van der Waals surface area contributed by atoms with Crippen molar-refractivity contribution in [3.8, 4) is 5.75 Å². The Morgan fingerprint density at radius 3 is 2.33 bits per heavy atom. The van der Waals surface area contributed by atoms with E-state index in [0.29, 0.717) is 12.0 Å². The number of likely N-dealkylation sites (N-methyl/N-ethyl adjacent to an activating group) is 1. The van der Waals surface area contributed by atoms with Crippen LogP contribution in [0.5, 0.6) is 5.75 Å². The number of hydrogen-bond acceptors (Lipinski definition) is 3. The first-order valence-corrected chi connectivity index (χ1v) is 8.70. The molecule has 0 aromatic heterocycles. The van der Waals surface area contributed by atoms with E-state index in [1.54, 1.807) is 7.11 Å². The molecule has 5 nitrogen and oxygen atoms in total. The highest BCUT2D eigenvalue weighted by atomic mass is 16.5. The first kappa shape index (κ1) is 20.3. The molecule has 0 saturated heterocycles. The van der Waals surface area contributed by atoms with E-state index in [1.807, 2.05) is 19.2 Å². The molecular weight excluding hydrogens is 300 g/mol. The van der Waals surface area contributed by atoms with Crippen molar-refractivity contribution in [2.24, 2.45) is 10.9 Å². The van der Waals surface area contributed by atoms with Crippen molar-refractivity contribution in [1.82, 2.24) is 15.5 Å². The minimum absolute atomic E-state index is 0.505. The van der Waals surface area contributed by atoms with Crippen molar-refractivity contribution in [2.75, 3.05) is 41.3 Å². The summed E-state index contributed by atoms with van der Waals surface area (Å²) in [5.74, 6) is 2.44. The second-order valence-electron chi connectivity index (χ2n) is 6.72. The number of hydrogen-bond donors (Lipinski definition) is 2. The van der Waals surface area contributed by atoms with Gasteiger partial charge in [0.2, 0.25) is 0 Å². The third kappa shape index (κ3) is 7.68. The standard InChI is InChI=1S/C19H34N4O/c1-15(2)13-17(23(4)5)14-22-19(20-3)21-12-11-16-7-9-18(24-6)10-8-16/h7-10,15,17H,11-14H2,1-6H3,(H2,20,21,22). The SMILES string of the molecule is CN=C(NCCc1ccc(OC)cc1)NCC(CC(C)C)N(C)C. The maximum atomic E-state index is 5.18. The Kier molecular flexibility index (Phi) is 9.23. The molecule has 0 fully saturated rings. The van der Waals surface area contributed by atoms with Crippen LogP contribution in [0.3, 0.4) is 0 Å². The van der Waals surface area contributed by atoms with Crippen LogP contribution in [0.4, 0.5) is 0 Å². The number of guanidine groups is 1. The topological polar surface area (TPSA) is 48.9 Å². The van der Waals surface area contributed by atoms with Crippen molar-refractivity contribution in [3.05, 3.63) is 29.8 Å². The smallest absolute Gasteiger partial charge is 0.191 e. The van der Waals surface area contributed by atoms with Crippen LogP contribution in [0.15, 0.2) is 29.3 Å². The van der Waals surface area contributed by atoms with Crippen LogP contribution in [-0.4, -0.2) is 58.2 Å². The number of nitrogens with zero attached hydrogens (tertiary/aromatic N) is 2. The average Bonchev–Trinajstić information content (AvgIpc) is 2.56. The Morgan fingerprint density at radius 1 is 1.17 bits per heavy atom. The van der Waals surface area contributed by atoms with Crippen LogP contribution in [-0.2, 0) is 6.42 Å². The Bertz CT molecular complexity index is 483. The zero-order valence-corrected chi connectivity index (χ0v) is 16.1. The number of ether oxygens (including phenoxy) is 1. The molecule has 0 bridgehead atoms. The highest BCUT2D eigenvalue weighted by Crippen LogP contribution is 2.11. The number of benzene rings is 1. The predicted molar refractivity (Wildman–Crippen MR) is 103 cm³/mol. The molecule has 0 aliphatic carbocycles. The van der Waals surface area contributed by atoms with Crippen LogP contribution in [0.1, 0.15) is 25.8 Å². The van der Waals surface area contributed by atoms with Gasteiger partial charge in [0.25, 0.3) is 0 Å². The summed E-state index contributed by atoms with van der Waals surface area (Å²) in [7, 11) is 7.77. The van der Waals surface area contributed by atoms with Gasteiger partial charge in [-0.25, -0.2) is 0 Å². The predicted octanol–water partition coefficient (Wildman–Crippen LogP) is 2.38. The summed E-state index contributed by atoms with van der Waals surface area (Å²) in [6.45, 7) is 6.27. The molecule has 1 aromatic carbocycles. The molecule has 0 spiro atoms. The molecule has 0 saturated carbocycles. The molecule has 1 aromatic rings. The number of nitrogens with one attached hydrogen (secondary N) is 2. The Labute approximate surface area is 147 Å². The fourth-order valence-electron chi connectivity index (χ4n) is 2.57. The van der Waals surface area contributed by atoms with Gasteiger partial charge in [0.15, 0.2) is 5.96 Å². The molecule has 2 N–H and O–H groups in total. The van der Waals surface area contributed by atoms with E-state index in [-0.39, 0.29) is 0 Å². The summed E-state index contributed by atoms with van der Waals surface area (Å²) in [6, 6.07) is 8.69. The van der Waals surface area contributed by atoms with Gasteiger partial charge >= 0.3 is 0 Å². The van der Waals surface area contributed by atoms with Gasteiger partial charge in [-0.05, 0) is 50.6 Å². The normalized spacial score (nSPS) is 13.2. The van der Waals surface area contributed by atoms with Gasteiger partial charge in [-0.15, -0.1) is 0 Å². The van der Waals surface area contributed by atoms with Gasteiger partial charge in [0.05, 0.1) is 7.11 Å². The molecule has 0 amide bonds. The van der Waals surface area contributed by atoms with Gasteiger partial charge in [-0.3, -0.25) is 4.99 Å². The average molecular weight is 335 g/mol. The highest BCUT2D eigenvalue weighted by Gasteiger charge is 2.13. The maximum absolute atomic E-state index is 5.18. The van der Waals surface area contributed by atoms with Crippen molar-refractivity contribution < 1.29 is 4.74 Å². The molecule has 136 valence electrons. The third-order valence-corrected chi connectivity index (χ3v) is 4.07. The third-order valence-electron chi connectivity index (χ3n) is 4.07. The van der Waals surface area contributed by atoms with Crippen molar-refractivity contribution >= 4 is 5.96 Å². The van der Waals surface area contributed by atoms with Crippen LogP contribution in [0.2, 0.25) is 0 Å². The quantitative estimate of drug-likeness (QED) is 0.538. The zero-order chi connectivity index (χ0) is 17.9. The van der Waals surface area contributed by atoms with Crippen LogP contribution in [0.25, 0.3) is 0 Å². The van der Waals surface area contributed by atoms with Crippen LogP contribution >= 0.6 is 0 Å². The molecule has 0 heterocycles. The van der Waals surface area contributed by atoms with Crippen molar-refractivity contribution in [3.63, 3.8) is 0 Å². The molecule has 0 aliphatic heterocycles. The van der Waals surface area contributed by atoms with Gasteiger partial charge in [-0.1, -0.05) is 26.0 Å². The van der Waals surface area contributed by atoms with E-state index in [1.165, 1.54) is 12.0 Å². The first-order chi connectivity index (χ1) is 11.5. The summed E-state index contributed by atoms with van der Waals surface area (Å²) in [6.07, 6.45) is 2.12. The molecule has 24 heavy (non-hydrogen) atoms. The largest absolute Gasteiger partial charge is 0.497 e. The van der Waals surface area contributed by atoms with Crippen LogP contribution in [0, 0.1) is 5.92 Å². The van der Waals surface area contributed by atoms with E-state index in [2.05, 4.69) is 60.6 Å². The van der Waals surface area contributed by atoms with Crippen molar-refractivity contribution in [1.29, 1.82) is 0 Å². The monoisotopic (exact) mass is 334 g/mol. The fraction of sp³-hybridized carbons (Fsp3) is 0.632. The lowest BCUT2D eigenvalue weighted by Gasteiger charge is -2.27. The van der Waals surface area contributed by atoms with Crippen molar-refractivity contribution in [2.45, 2.75) is 32.7 Å². The van der Waals surface area contributed by atoms with E-state index < -0.39 is 0 Å². The number of aliphatic imine (C=N–C) groups is 1. The molecule has 1 rings (SSSR count). The van der Waals surface area contributed by atoms with Gasteiger partial charge in [-0.2, -0.15) is 0 Å². The second kappa shape index (κ2) is 10.9. The summed E-state index contributed by atoms with van der Waals surface area (Å²) >= 11 is 0. The lowest BCUT2D eigenvalue weighted by Crippen LogP contribution is -2.45. The van der Waals surface area contributed by atoms with Gasteiger partial charge in [0, 0.05) is 26.2 Å². The second-order valence-corrected chi connectivity index (χ2v) is 6.72. The molecule has 1 atom stereocenters. The molecule has 0 radical (unpaired) electrons. The molecule has 5 heteroatoms. The summed E-state index contributed by atoms with van der Waals surface area (Å²) in [4.78, 5) is 6.59. The lowest BCUT2D eigenvalue weighted by atomic mass is 10.0. The summed E-state index contributed by atoms with van der Waals surface area (Å²) < 4.78 is 5.18. The van der Waals surface area contributed by atoms with Gasteiger partial charge < -0.3 is 20.3 Å². The minimum Gasteiger partial charge on any atom is -0.497 e. The molecule has 1 unspecified atom stereocenters. The van der Waals surface area contributed by atoms with E-state index >= 15 is 0 Å². The Balaban J connectivity index is 2.38. The molecule has 0 aliphatic rings. The van der Waals surface area contributed by atoms with E-state index in [0.717, 1.165) is 31.2 Å². The molecular formula is C19H34N4O. The lowest BCUT2D eigenvalue weighted by molar-refractivity contribution is 0.254. The summed E-state index contributed by atoms with van der Waals surface area (Å²) in [5, 5.41) is 6.82. The summed E-state index contributed by atoms with van der Waals surface area (Å²) in [5.41, 5.74) is 1.28. The first-order valence-electron chi connectivity index (χ1n) is 8.70. The maximum Gasteiger partial charge on any atom is 0.191 e. The minimum atomic E-state index is 0.505. The fourth-order valence-corrected chi connectivity index (χ4v) is 2.57. The van der Waals surface area contributed by atoms with Crippen LogP contribution < -0.4 is 15.4 Å². The number of methoxy groups -OCH3 is 1. The highest BCUT2D eigenvalue weighted by molar-refractivity contribution is 5.79. The zero-order valence-electron chi connectivity index (χ0n) is 16.1. The van der Waals surface area contributed by atoms with Gasteiger partial charge in [0.1, 0.15) is 5.75 Å². The van der Waals surface area contributed by atoms with E-state index in [9.17, 15) is 0 Å². The Hall–Kier alpha value is -1.75. The Morgan fingerprint density at radius 2 is 1.83 bits per heavy atom. The number of rotatable bonds is 9.